The zero-order valence-corrected chi connectivity index (χ0v) is 10.4. The summed E-state index contributed by atoms with van der Waals surface area (Å²) in [6.45, 7) is 1.97. The van der Waals surface area contributed by atoms with Crippen molar-refractivity contribution in [1.29, 1.82) is 0 Å². The van der Waals surface area contributed by atoms with Crippen LogP contribution in [0.25, 0.3) is 11.0 Å². The second-order valence-corrected chi connectivity index (χ2v) is 4.34. The molecule has 0 saturated heterocycles. The minimum absolute atomic E-state index is 0.326. The van der Waals surface area contributed by atoms with Crippen LogP contribution >= 0.6 is 23.4 Å². The summed E-state index contributed by atoms with van der Waals surface area (Å²) in [5.74, 6) is 0. The maximum Gasteiger partial charge on any atom is 0.190 e. The summed E-state index contributed by atoms with van der Waals surface area (Å²) in [6, 6.07) is 0. The van der Waals surface area contributed by atoms with Crippen LogP contribution in [0.2, 0.25) is 5.15 Å². The van der Waals surface area contributed by atoms with E-state index in [1.54, 1.807) is 0 Å². The summed E-state index contributed by atoms with van der Waals surface area (Å²) in [5.41, 5.74) is 2.04. The first-order valence-electron chi connectivity index (χ1n) is 4.78. The highest BCUT2D eigenvalue weighted by atomic mass is 35.5. The van der Waals surface area contributed by atoms with Gasteiger partial charge in [0, 0.05) is 11.3 Å². The van der Waals surface area contributed by atoms with Crippen molar-refractivity contribution in [1.82, 2.24) is 15.0 Å². The number of H-pyrrole nitrogens is 1. The van der Waals surface area contributed by atoms with Gasteiger partial charge in [0.25, 0.3) is 0 Å². The Bertz CT molecular complexity index is 552. The molecule has 0 unspecified atom stereocenters. The van der Waals surface area contributed by atoms with E-state index in [1.165, 1.54) is 11.8 Å². The minimum Gasteiger partial charge on any atom is -0.342 e. The van der Waals surface area contributed by atoms with Gasteiger partial charge in [0.2, 0.25) is 0 Å². The smallest absolute Gasteiger partial charge is 0.190 e. The highest BCUT2D eigenvalue weighted by molar-refractivity contribution is 7.98. The van der Waals surface area contributed by atoms with Gasteiger partial charge >= 0.3 is 0 Å². The molecule has 0 amide bonds. The SMILES string of the molecule is CCc1[nH]c2nc(SC)nc(Cl)c2c1C=O. The number of aromatic amines is 1. The molecule has 16 heavy (non-hydrogen) atoms. The molecule has 0 atom stereocenters. The van der Waals surface area contributed by atoms with Crippen LogP contribution in [-0.4, -0.2) is 27.5 Å². The Morgan fingerprint density at radius 2 is 2.25 bits per heavy atom. The Kier molecular flexibility index (Phi) is 3.16. The zero-order chi connectivity index (χ0) is 11.7. The quantitative estimate of drug-likeness (QED) is 0.397. The molecule has 2 rings (SSSR count). The monoisotopic (exact) mass is 255 g/mol. The van der Waals surface area contributed by atoms with Gasteiger partial charge in [-0.05, 0) is 12.7 Å². The number of hydrogen-bond acceptors (Lipinski definition) is 4. The summed E-state index contributed by atoms with van der Waals surface area (Å²) < 4.78 is 0. The van der Waals surface area contributed by atoms with E-state index in [4.69, 9.17) is 11.6 Å². The number of rotatable bonds is 3. The van der Waals surface area contributed by atoms with Crippen LogP contribution in [0, 0.1) is 0 Å². The van der Waals surface area contributed by atoms with Gasteiger partial charge in [-0.3, -0.25) is 4.79 Å². The van der Waals surface area contributed by atoms with Crippen molar-refractivity contribution < 1.29 is 4.79 Å². The van der Waals surface area contributed by atoms with Crippen LogP contribution in [0.3, 0.4) is 0 Å². The molecule has 0 aliphatic heterocycles. The molecule has 4 nitrogen and oxygen atoms in total. The highest BCUT2D eigenvalue weighted by Crippen LogP contribution is 2.27. The number of carbonyl (C=O) groups is 1. The van der Waals surface area contributed by atoms with Crippen molar-refractivity contribution in [3.8, 4) is 0 Å². The van der Waals surface area contributed by atoms with Crippen LogP contribution in [0.1, 0.15) is 23.0 Å². The number of halogens is 1. The molecule has 84 valence electrons. The molecule has 2 aromatic heterocycles. The molecule has 0 bridgehead atoms. The Labute approximate surface area is 102 Å². The van der Waals surface area contributed by atoms with Gasteiger partial charge in [-0.2, -0.15) is 0 Å². The van der Waals surface area contributed by atoms with E-state index < -0.39 is 0 Å². The number of aromatic nitrogens is 3. The van der Waals surface area contributed by atoms with Crippen molar-refractivity contribution in [2.75, 3.05) is 6.26 Å². The highest BCUT2D eigenvalue weighted by Gasteiger charge is 2.15. The number of nitrogens with one attached hydrogen (secondary N) is 1. The second kappa shape index (κ2) is 4.43. The van der Waals surface area contributed by atoms with Crippen molar-refractivity contribution in [3.63, 3.8) is 0 Å². The summed E-state index contributed by atoms with van der Waals surface area (Å²) in [7, 11) is 0. The predicted octanol–water partition coefficient (Wildman–Crippen LogP) is 2.71. The first-order valence-corrected chi connectivity index (χ1v) is 6.38. The number of nitrogens with zero attached hydrogens (tertiary/aromatic N) is 2. The molecule has 0 aliphatic carbocycles. The maximum atomic E-state index is 11.0. The molecule has 6 heteroatoms. The summed E-state index contributed by atoms with van der Waals surface area (Å²) in [6.07, 6.45) is 3.41. The van der Waals surface area contributed by atoms with E-state index in [0.717, 1.165) is 18.4 Å². The standard InChI is InChI=1S/C10H10ClN3OS/c1-3-6-5(4-15)7-8(11)13-10(16-2)14-9(7)12-6/h4H,3H2,1-2H3,(H,12,13,14). The molecule has 1 N–H and O–H groups in total. The number of hydrogen-bond donors (Lipinski definition) is 1. The first-order chi connectivity index (χ1) is 7.71. The molecule has 0 saturated carbocycles. The van der Waals surface area contributed by atoms with Crippen molar-refractivity contribution in [2.45, 2.75) is 18.5 Å². The topological polar surface area (TPSA) is 58.6 Å². The lowest BCUT2D eigenvalue weighted by atomic mass is 10.2. The number of fused-ring (bicyclic) bond motifs is 1. The Morgan fingerprint density at radius 1 is 1.50 bits per heavy atom. The normalized spacial score (nSPS) is 10.9. The van der Waals surface area contributed by atoms with E-state index in [9.17, 15) is 4.79 Å². The fourth-order valence-corrected chi connectivity index (χ4v) is 2.29. The fraction of sp³-hybridized carbons (Fsp3) is 0.300. The van der Waals surface area contributed by atoms with E-state index in [-0.39, 0.29) is 0 Å². The summed E-state index contributed by atoms with van der Waals surface area (Å²) in [5, 5.41) is 1.54. The van der Waals surface area contributed by atoms with Gasteiger partial charge in [-0.25, -0.2) is 9.97 Å². The van der Waals surface area contributed by atoms with Gasteiger partial charge in [-0.15, -0.1) is 0 Å². The van der Waals surface area contributed by atoms with Crippen LogP contribution in [-0.2, 0) is 6.42 Å². The lowest BCUT2D eigenvalue weighted by Gasteiger charge is -1.97. The lowest BCUT2D eigenvalue weighted by molar-refractivity contribution is 0.112. The molecule has 0 aromatic carbocycles. The average Bonchev–Trinajstić information content (AvgIpc) is 2.66. The molecular weight excluding hydrogens is 246 g/mol. The van der Waals surface area contributed by atoms with E-state index in [2.05, 4.69) is 15.0 Å². The number of aryl methyl sites for hydroxylation is 1. The third-order valence-electron chi connectivity index (χ3n) is 2.36. The molecule has 0 spiro atoms. The molecular formula is C10H10ClN3OS. The molecule has 0 radical (unpaired) electrons. The Hall–Kier alpha value is -1.07. The molecule has 0 aliphatic rings. The van der Waals surface area contributed by atoms with Crippen LogP contribution in [0.15, 0.2) is 5.16 Å². The van der Waals surface area contributed by atoms with Crippen LogP contribution in [0.5, 0.6) is 0 Å². The minimum atomic E-state index is 0.326. The first kappa shape index (κ1) is 11.4. The van der Waals surface area contributed by atoms with E-state index in [0.29, 0.717) is 26.9 Å². The molecule has 0 fully saturated rings. The lowest BCUT2D eigenvalue weighted by Crippen LogP contribution is -1.89. The van der Waals surface area contributed by atoms with Crippen LogP contribution < -0.4 is 0 Å². The number of thioether (sulfide) groups is 1. The van der Waals surface area contributed by atoms with Crippen molar-refractivity contribution in [2.24, 2.45) is 0 Å². The van der Waals surface area contributed by atoms with Gasteiger partial charge in [0.05, 0.1) is 5.39 Å². The average molecular weight is 256 g/mol. The fourth-order valence-electron chi connectivity index (χ4n) is 1.60. The van der Waals surface area contributed by atoms with Crippen molar-refractivity contribution >= 4 is 40.7 Å². The van der Waals surface area contributed by atoms with E-state index >= 15 is 0 Å². The van der Waals surface area contributed by atoms with Gasteiger partial charge < -0.3 is 4.98 Å². The van der Waals surface area contributed by atoms with Crippen LogP contribution in [0.4, 0.5) is 0 Å². The van der Waals surface area contributed by atoms with Crippen molar-refractivity contribution in [3.05, 3.63) is 16.4 Å². The molecule has 2 heterocycles. The third kappa shape index (κ3) is 1.70. The predicted molar refractivity (Wildman–Crippen MR) is 65.4 cm³/mol. The Morgan fingerprint density at radius 3 is 2.81 bits per heavy atom. The Balaban J connectivity index is 2.81. The van der Waals surface area contributed by atoms with Gasteiger partial charge in [-0.1, -0.05) is 30.3 Å². The third-order valence-corrected chi connectivity index (χ3v) is 3.18. The summed E-state index contributed by atoms with van der Waals surface area (Å²) >= 11 is 7.46. The second-order valence-electron chi connectivity index (χ2n) is 3.21. The van der Waals surface area contributed by atoms with Gasteiger partial charge in [0.1, 0.15) is 10.8 Å². The number of carbonyl (C=O) groups excluding carboxylic acids is 1. The van der Waals surface area contributed by atoms with Gasteiger partial charge in [0.15, 0.2) is 11.4 Å². The largest absolute Gasteiger partial charge is 0.342 e. The number of aldehydes is 1. The van der Waals surface area contributed by atoms with E-state index in [1.807, 2.05) is 13.2 Å². The maximum absolute atomic E-state index is 11.0. The molecule has 2 aromatic rings. The summed E-state index contributed by atoms with van der Waals surface area (Å²) in [4.78, 5) is 22.5. The zero-order valence-electron chi connectivity index (χ0n) is 8.87.